The maximum Gasteiger partial charge on any atom is 0.0910 e. The van der Waals surface area contributed by atoms with Crippen LogP contribution in [0.3, 0.4) is 0 Å². The second-order valence-electron chi connectivity index (χ2n) is 3.60. The first-order valence-electron chi connectivity index (χ1n) is 4.68. The predicted molar refractivity (Wildman–Crippen MR) is 47.5 cm³/mol. The summed E-state index contributed by atoms with van der Waals surface area (Å²) in [6.45, 7) is 3.76. The molecule has 0 bridgehead atoms. The zero-order valence-corrected chi connectivity index (χ0v) is 8.03. The highest BCUT2D eigenvalue weighted by molar-refractivity contribution is 5.00. The molecule has 13 heavy (non-hydrogen) atoms. The molecule has 0 heterocycles. The van der Waals surface area contributed by atoms with Gasteiger partial charge < -0.3 is 19.7 Å². The molecule has 0 saturated heterocycles. The van der Waals surface area contributed by atoms with Crippen LogP contribution < -0.4 is 0 Å². The average molecular weight is 190 g/mol. The van der Waals surface area contributed by atoms with Gasteiger partial charge in [-0.3, -0.25) is 0 Å². The monoisotopic (exact) mass is 190 g/mol. The van der Waals surface area contributed by atoms with Crippen molar-refractivity contribution >= 4 is 0 Å². The molecule has 0 aromatic carbocycles. The van der Waals surface area contributed by atoms with Crippen LogP contribution in [0.25, 0.3) is 0 Å². The van der Waals surface area contributed by atoms with E-state index in [0.29, 0.717) is 32.3 Å². The van der Waals surface area contributed by atoms with Crippen LogP contribution in [0, 0.1) is 5.92 Å². The van der Waals surface area contributed by atoms with Crippen LogP contribution >= 0.6 is 0 Å². The fourth-order valence-corrected chi connectivity index (χ4v) is 1.21. The Morgan fingerprint density at radius 3 is 2.46 bits per heavy atom. The predicted octanol–water partition coefficient (Wildman–Crippen LogP) is -0.217. The lowest BCUT2D eigenvalue weighted by atomic mass is 10.3. The first-order valence-corrected chi connectivity index (χ1v) is 4.68. The van der Waals surface area contributed by atoms with E-state index in [1.54, 1.807) is 0 Å². The summed E-state index contributed by atoms with van der Waals surface area (Å²) in [4.78, 5) is 0. The Bertz CT molecular complexity index is 151. The van der Waals surface area contributed by atoms with Gasteiger partial charge in [0.05, 0.1) is 38.6 Å². The van der Waals surface area contributed by atoms with Gasteiger partial charge in [0.2, 0.25) is 0 Å². The second kappa shape index (κ2) is 4.91. The molecule has 1 aliphatic carbocycles. The van der Waals surface area contributed by atoms with E-state index < -0.39 is 5.60 Å². The molecule has 0 aliphatic heterocycles. The lowest BCUT2D eigenvalue weighted by Crippen LogP contribution is -2.20. The highest BCUT2D eigenvalue weighted by atomic mass is 16.5. The summed E-state index contributed by atoms with van der Waals surface area (Å²) in [6.07, 6.45) is 0.838. The zero-order chi connectivity index (χ0) is 9.73. The minimum Gasteiger partial charge on any atom is -0.394 e. The minimum absolute atomic E-state index is 0.0426. The molecule has 1 aliphatic rings. The molecule has 4 nitrogen and oxygen atoms in total. The van der Waals surface area contributed by atoms with Crippen LogP contribution in [0.5, 0.6) is 0 Å². The van der Waals surface area contributed by atoms with Gasteiger partial charge in [-0.15, -0.1) is 0 Å². The highest BCUT2D eigenvalue weighted by Gasteiger charge is 2.49. The number of hydrogen-bond acceptors (Lipinski definition) is 4. The van der Waals surface area contributed by atoms with E-state index in [4.69, 9.17) is 14.6 Å². The minimum atomic E-state index is -0.572. The summed E-state index contributed by atoms with van der Waals surface area (Å²) in [5.41, 5.74) is -0.572. The fraction of sp³-hybridized carbons (Fsp3) is 1.00. The van der Waals surface area contributed by atoms with E-state index in [0.717, 1.165) is 6.42 Å². The molecule has 1 rings (SSSR count). The second-order valence-corrected chi connectivity index (χ2v) is 3.60. The Labute approximate surface area is 78.5 Å². The van der Waals surface area contributed by atoms with Crippen LogP contribution in [-0.2, 0) is 9.47 Å². The van der Waals surface area contributed by atoms with Crippen LogP contribution in [-0.4, -0.2) is 48.8 Å². The average Bonchev–Trinajstić information content (AvgIpc) is 2.68. The molecular weight excluding hydrogens is 172 g/mol. The van der Waals surface area contributed by atoms with Crippen molar-refractivity contribution in [3.8, 4) is 0 Å². The van der Waals surface area contributed by atoms with Crippen LogP contribution in [0.2, 0.25) is 0 Å². The number of aliphatic hydroxyl groups is 2. The summed E-state index contributed by atoms with van der Waals surface area (Å²) < 4.78 is 10.2. The molecule has 0 spiro atoms. The number of hydrogen-bond donors (Lipinski definition) is 2. The van der Waals surface area contributed by atoms with Crippen molar-refractivity contribution in [1.29, 1.82) is 0 Å². The zero-order valence-electron chi connectivity index (χ0n) is 8.03. The lowest BCUT2D eigenvalue weighted by molar-refractivity contribution is -0.0165. The largest absolute Gasteiger partial charge is 0.394 e. The van der Waals surface area contributed by atoms with E-state index >= 15 is 0 Å². The van der Waals surface area contributed by atoms with Gasteiger partial charge in [0, 0.05) is 0 Å². The number of rotatable bonds is 7. The van der Waals surface area contributed by atoms with Gasteiger partial charge in [0.1, 0.15) is 0 Å². The Balaban J connectivity index is 1.85. The summed E-state index contributed by atoms with van der Waals surface area (Å²) in [5, 5.41) is 18.0. The maximum absolute atomic E-state index is 9.59. The van der Waals surface area contributed by atoms with Crippen molar-refractivity contribution < 1.29 is 19.7 Å². The molecule has 0 aromatic rings. The van der Waals surface area contributed by atoms with Crippen molar-refractivity contribution in [2.24, 2.45) is 5.92 Å². The molecule has 0 radical (unpaired) electrons. The molecule has 1 saturated carbocycles. The third-order valence-electron chi connectivity index (χ3n) is 2.38. The molecule has 78 valence electrons. The molecule has 1 fully saturated rings. The third kappa shape index (κ3) is 3.60. The number of ether oxygens (including phenoxy) is 2. The Hall–Kier alpha value is -0.160. The summed E-state index contributed by atoms with van der Waals surface area (Å²) >= 11 is 0. The topological polar surface area (TPSA) is 58.9 Å². The van der Waals surface area contributed by atoms with Crippen molar-refractivity contribution in [2.45, 2.75) is 18.9 Å². The smallest absolute Gasteiger partial charge is 0.0910 e. The van der Waals surface area contributed by atoms with Crippen molar-refractivity contribution in [2.75, 3.05) is 33.0 Å². The first kappa shape index (κ1) is 10.9. The van der Waals surface area contributed by atoms with Crippen molar-refractivity contribution in [1.82, 2.24) is 0 Å². The fourth-order valence-electron chi connectivity index (χ4n) is 1.21. The van der Waals surface area contributed by atoms with E-state index in [-0.39, 0.29) is 6.61 Å². The summed E-state index contributed by atoms with van der Waals surface area (Å²) in [5.74, 6) is 0.367. The van der Waals surface area contributed by atoms with Gasteiger partial charge in [-0.25, -0.2) is 0 Å². The van der Waals surface area contributed by atoms with Gasteiger partial charge in [-0.05, 0) is 12.3 Å². The normalized spacial score (nSPS) is 32.1. The van der Waals surface area contributed by atoms with E-state index in [1.165, 1.54) is 0 Å². The molecule has 2 unspecified atom stereocenters. The molecular formula is C9H18O4. The van der Waals surface area contributed by atoms with E-state index in [1.807, 2.05) is 6.92 Å². The standard InChI is InChI=1S/C9H18O4/c1-8-6-9(8,11)7-13-5-4-12-3-2-10/h8,10-11H,2-7H2,1H3. The lowest BCUT2D eigenvalue weighted by Gasteiger charge is -2.09. The summed E-state index contributed by atoms with van der Waals surface area (Å²) in [7, 11) is 0. The van der Waals surface area contributed by atoms with Crippen LogP contribution in [0.4, 0.5) is 0 Å². The SMILES string of the molecule is CC1CC1(O)COCCOCCO. The van der Waals surface area contributed by atoms with E-state index in [2.05, 4.69) is 0 Å². The summed E-state index contributed by atoms with van der Waals surface area (Å²) in [6, 6.07) is 0. The van der Waals surface area contributed by atoms with Gasteiger partial charge in [-0.2, -0.15) is 0 Å². The van der Waals surface area contributed by atoms with Gasteiger partial charge >= 0.3 is 0 Å². The van der Waals surface area contributed by atoms with E-state index in [9.17, 15) is 5.11 Å². The van der Waals surface area contributed by atoms with Crippen LogP contribution in [0.1, 0.15) is 13.3 Å². The highest BCUT2D eigenvalue weighted by Crippen LogP contribution is 2.42. The van der Waals surface area contributed by atoms with Gasteiger partial charge in [0.15, 0.2) is 0 Å². The van der Waals surface area contributed by atoms with Crippen LogP contribution in [0.15, 0.2) is 0 Å². The Kier molecular flexibility index (Phi) is 4.12. The Morgan fingerprint density at radius 2 is 1.92 bits per heavy atom. The maximum atomic E-state index is 9.59. The Morgan fingerprint density at radius 1 is 1.31 bits per heavy atom. The molecule has 0 aromatic heterocycles. The molecule has 2 N–H and O–H groups in total. The quantitative estimate of drug-likeness (QED) is 0.545. The van der Waals surface area contributed by atoms with Crippen molar-refractivity contribution in [3.05, 3.63) is 0 Å². The molecule has 0 amide bonds. The molecule has 4 heteroatoms. The first-order chi connectivity index (χ1) is 6.19. The number of aliphatic hydroxyl groups excluding tert-OH is 1. The van der Waals surface area contributed by atoms with Gasteiger partial charge in [0.25, 0.3) is 0 Å². The third-order valence-corrected chi connectivity index (χ3v) is 2.38. The van der Waals surface area contributed by atoms with Gasteiger partial charge in [-0.1, -0.05) is 6.92 Å². The van der Waals surface area contributed by atoms with Crippen molar-refractivity contribution in [3.63, 3.8) is 0 Å². The molecule has 2 atom stereocenters.